The van der Waals surface area contributed by atoms with Crippen molar-refractivity contribution in [1.82, 2.24) is 16.0 Å². The second kappa shape index (κ2) is 26.2. The maximum atomic E-state index is 11.8. The van der Waals surface area contributed by atoms with Gasteiger partial charge in [-0.1, -0.05) is 12.8 Å². The predicted molar refractivity (Wildman–Crippen MR) is 146 cm³/mol. The van der Waals surface area contributed by atoms with E-state index in [0.717, 1.165) is 38.5 Å². The molecule has 1 atom stereocenters. The van der Waals surface area contributed by atoms with Crippen LogP contribution in [0.3, 0.4) is 0 Å². The van der Waals surface area contributed by atoms with Crippen molar-refractivity contribution >= 4 is 35.9 Å². The number of hydrogen-bond acceptors (Lipinski definition) is 8. The van der Waals surface area contributed by atoms with Crippen LogP contribution < -0.4 is 16.0 Å². The monoisotopic (exact) mass is 573 g/mol. The topological polar surface area (TPSA) is 197 Å². The predicted octanol–water partition coefficient (Wildman–Crippen LogP) is 1.57. The Bertz CT molecular complexity index is 748. The first-order valence-corrected chi connectivity index (χ1v) is 14.1. The lowest BCUT2D eigenvalue weighted by Crippen LogP contribution is -2.41. The van der Waals surface area contributed by atoms with Crippen molar-refractivity contribution in [2.24, 2.45) is 0 Å². The summed E-state index contributed by atoms with van der Waals surface area (Å²) < 4.78 is 11.1. The molecule has 0 saturated heterocycles. The molecule has 0 saturated carbocycles. The van der Waals surface area contributed by atoms with Gasteiger partial charge in [0, 0.05) is 71.6 Å². The summed E-state index contributed by atoms with van der Waals surface area (Å²) in [5.74, 6) is -2.86. The molecule has 0 unspecified atom stereocenters. The number of rotatable bonds is 28. The van der Waals surface area contributed by atoms with E-state index < -0.39 is 23.9 Å². The standard InChI is InChI=1S/C27H47N3O10/c31-17-7-10-22(27(37)38)30-25(34)14-13-24(33)29-16-9-21-40-19-6-5-18-39-20-8-15-28-23(32)11-3-1-2-4-12-26(35)36/h17,22H,1-16,18-21H2,(H,28,32)(H,29,33)(H,30,34)(H,35,36)(H,37,38)/t22-/m0/s1. The van der Waals surface area contributed by atoms with Gasteiger partial charge in [-0.15, -0.1) is 0 Å². The van der Waals surface area contributed by atoms with Crippen LogP contribution in [0.2, 0.25) is 0 Å². The molecule has 5 N–H and O–H groups in total. The van der Waals surface area contributed by atoms with E-state index in [1.165, 1.54) is 0 Å². The van der Waals surface area contributed by atoms with E-state index in [1.807, 2.05) is 0 Å². The normalized spacial score (nSPS) is 11.4. The van der Waals surface area contributed by atoms with Crippen molar-refractivity contribution in [1.29, 1.82) is 0 Å². The van der Waals surface area contributed by atoms with Crippen LogP contribution in [0, 0.1) is 0 Å². The number of hydrogen-bond donors (Lipinski definition) is 5. The third kappa shape index (κ3) is 25.2. The quantitative estimate of drug-likeness (QED) is 0.0676. The van der Waals surface area contributed by atoms with Crippen LogP contribution in [0.1, 0.15) is 89.9 Å². The number of amides is 3. The number of aldehydes is 1. The molecule has 0 aromatic rings. The molecule has 3 amide bonds. The zero-order valence-corrected chi connectivity index (χ0v) is 23.5. The number of carbonyl (C=O) groups is 6. The summed E-state index contributed by atoms with van der Waals surface area (Å²) in [4.78, 5) is 67.2. The molecule has 0 aromatic heterocycles. The number of unbranched alkanes of at least 4 members (excludes halogenated alkanes) is 4. The minimum Gasteiger partial charge on any atom is -0.481 e. The van der Waals surface area contributed by atoms with Gasteiger partial charge in [-0.05, 0) is 44.9 Å². The third-order valence-corrected chi connectivity index (χ3v) is 5.73. The molecule has 0 aliphatic rings. The van der Waals surface area contributed by atoms with Crippen LogP contribution in [0.25, 0.3) is 0 Å². The number of aliphatic carboxylic acids is 2. The molecule has 0 radical (unpaired) electrons. The Labute approximate surface area is 236 Å². The van der Waals surface area contributed by atoms with Gasteiger partial charge in [0.15, 0.2) is 0 Å². The first kappa shape index (κ1) is 36.9. The second-order valence-corrected chi connectivity index (χ2v) is 9.35. The summed E-state index contributed by atoms with van der Waals surface area (Å²) in [5, 5.41) is 25.4. The van der Waals surface area contributed by atoms with Crippen LogP contribution in [0.5, 0.6) is 0 Å². The highest BCUT2D eigenvalue weighted by Crippen LogP contribution is 2.05. The highest BCUT2D eigenvalue weighted by Gasteiger charge is 2.19. The number of nitrogens with one attached hydrogen (secondary N) is 3. The number of ether oxygens (including phenoxy) is 2. The number of carboxylic acids is 2. The zero-order chi connectivity index (χ0) is 29.8. The summed E-state index contributed by atoms with van der Waals surface area (Å²) in [6, 6.07) is -1.14. The van der Waals surface area contributed by atoms with Crippen molar-refractivity contribution in [2.75, 3.05) is 39.5 Å². The summed E-state index contributed by atoms with van der Waals surface area (Å²) in [6.45, 7) is 3.22. The van der Waals surface area contributed by atoms with Crippen LogP contribution in [0.15, 0.2) is 0 Å². The van der Waals surface area contributed by atoms with Crippen molar-refractivity contribution in [2.45, 2.75) is 95.9 Å². The largest absolute Gasteiger partial charge is 0.481 e. The van der Waals surface area contributed by atoms with Gasteiger partial charge in [0.2, 0.25) is 17.7 Å². The van der Waals surface area contributed by atoms with E-state index in [-0.39, 0.29) is 43.9 Å². The fourth-order valence-electron chi connectivity index (χ4n) is 3.49. The van der Waals surface area contributed by atoms with E-state index in [9.17, 15) is 28.8 Å². The Morgan fingerprint density at radius 1 is 0.625 bits per heavy atom. The van der Waals surface area contributed by atoms with Gasteiger partial charge < -0.3 is 40.4 Å². The molecule has 13 nitrogen and oxygen atoms in total. The van der Waals surface area contributed by atoms with E-state index in [4.69, 9.17) is 19.7 Å². The highest BCUT2D eigenvalue weighted by atomic mass is 16.5. The maximum Gasteiger partial charge on any atom is 0.326 e. The summed E-state index contributed by atoms with van der Waals surface area (Å²) in [5.41, 5.74) is 0. The molecule has 0 aliphatic carbocycles. The Morgan fingerprint density at radius 3 is 1.65 bits per heavy atom. The molecule has 230 valence electrons. The van der Waals surface area contributed by atoms with E-state index in [0.29, 0.717) is 65.1 Å². The van der Waals surface area contributed by atoms with Crippen LogP contribution in [-0.4, -0.2) is 91.7 Å². The van der Waals surface area contributed by atoms with Crippen molar-refractivity contribution in [3.05, 3.63) is 0 Å². The Hall–Kier alpha value is -3.06. The van der Waals surface area contributed by atoms with E-state index in [1.54, 1.807) is 0 Å². The zero-order valence-electron chi connectivity index (χ0n) is 23.5. The van der Waals surface area contributed by atoms with Crippen LogP contribution in [0.4, 0.5) is 0 Å². The van der Waals surface area contributed by atoms with Crippen molar-refractivity contribution < 1.29 is 48.5 Å². The maximum absolute atomic E-state index is 11.8. The smallest absolute Gasteiger partial charge is 0.326 e. The lowest BCUT2D eigenvalue weighted by molar-refractivity contribution is -0.142. The number of carboxylic acid groups (broad SMARTS) is 2. The molecule has 13 heteroatoms. The van der Waals surface area contributed by atoms with Crippen molar-refractivity contribution in [3.8, 4) is 0 Å². The van der Waals surface area contributed by atoms with Gasteiger partial charge in [-0.25, -0.2) is 4.79 Å². The number of carbonyl (C=O) groups excluding carboxylic acids is 4. The first-order chi connectivity index (χ1) is 19.3. The van der Waals surface area contributed by atoms with E-state index in [2.05, 4.69) is 16.0 Å². The fraction of sp³-hybridized carbons (Fsp3) is 0.778. The molecule has 0 fully saturated rings. The van der Waals surface area contributed by atoms with Gasteiger partial charge in [-0.3, -0.25) is 19.2 Å². The van der Waals surface area contributed by atoms with E-state index >= 15 is 0 Å². The fourth-order valence-corrected chi connectivity index (χ4v) is 3.49. The minimum absolute atomic E-state index is 0.00722. The third-order valence-electron chi connectivity index (χ3n) is 5.73. The molecular weight excluding hydrogens is 526 g/mol. The second-order valence-electron chi connectivity index (χ2n) is 9.35. The summed E-state index contributed by atoms with van der Waals surface area (Å²) >= 11 is 0. The minimum atomic E-state index is -1.22. The summed E-state index contributed by atoms with van der Waals surface area (Å²) in [7, 11) is 0. The average molecular weight is 574 g/mol. The average Bonchev–Trinajstić information content (AvgIpc) is 2.91. The van der Waals surface area contributed by atoms with Crippen LogP contribution >= 0.6 is 0 Å². The molecule has 0 aromatic carbocycles. The Balaban J connectivity index is 3.46. The molecule has 0 aliphatic heterocycles. The molecule has 0 bridgehead atoms. The lowest BCUT2D eigenvalue weighted by Gasteiger charge is -2.13. The van der Waals surface area contributed by atoms with Gasteiger partial charge >= 0.3 is 11.9 Å². The van der Waals surface area contributed by atoms with Gasteiger partial charge in [0.25, 0.3) is 0 Å². The molecular formula is C27H47N3O10. The first-order valence-electron chi connectivity index (χ1n) is 14.1. The van der Waals surface area contributed by atoms with Crippen LogP contribution in [-0.2, 0) is 38.2 Å². The summed E-state index contributed by atoms with van der Waals surface area (Å²) in [6.07, 6.45) is 7.22. The Kier molecular flexibility index (Phi) is 24.2. The van der Waals surface area contributed by atoms with Gasteiger partial charge in [0.1, 0.15) is 12.3 Å². The highest BCUT2D eigenvalue weighted by molar-refractivity contribution is 5.87. The Morgan fingerprint density at radius 2 is 1.12 bits per heavy atom. The molecule has 0 spiro atoms. The van der Waals surface area contributed by atoms with Crippen molar-refractivity contribution in [3.63, 3.8) is 0 Å². The van der Waals surface area contributed by atoms with Gasteiger partial charge in [0.05, 0.1) is 0 Å². The lowest BCUT2D eigenvalue weighted by atomic mass is 10.1. The molecule has 0 heterocycles. The van der Waals surface area contributed by atoms with Gasteiger partial charge in [-0.2, -0.15) is 0 Å². The molecule has 0 rings (SSSR count). The SMILES string of the molecule is O=CCC[C@H](NC(=O)CCC(=O)NCCCOCCCCOCCCNC(=O)CCCCCCC(=O)O)C(=O)O. The molecule has 40 heavy (non-hydrogen) atoms.